The quantitative estimate of drug-likeness (QED) is 0.495. The van der Waals surface area contributed by atoms with E-state index in [0.717, 1.165) is 0 Å². The Morgan fingerprint density at radius 3 is 2.87 bits per heavy atom. The molecular weight excluding hydrogens is 336 g/mol. The number of carbonyl (C=O) groups is 1. The van der Waals surface area contributed by atoms with Crippen molar-refractivity contribution >= 4 is 33.0 Å². The first kappa shape index (κ1) is 17.7. The molecule has 1 aliphatic heterocycles. The molecule has 0 spiro atoms. The standard InChI is InChI=1S/C14H22N4O3S2/c1-15-14(17-9-12-3-2-7-22-12)16-6-4-13(19)18-11-5-8-23(20,21)10-11/h2-3,7,11H,4-6,8-10H2,1H3,(H,18,19)(H2,15,16,17). The van der Waals surface area contributed by atoms with Crippen molar-refractivity contribution in [3.63, 3.8) is 0 Å². The number of amides is 1. The van der Waals surface area contributed by atoms with Gasteiger partial charge in [-0.05, 0) is 17.9 Å². The summed E-state index contributed by atoms with van der Waals surface area (Å²) in [5, 5.41) is 11.0. The number of aliphatic imine (C=N–C) groups is 1. The minimum absolute atomic E-state index is 0.0518. The number of hydrogen-bond acceptors (Lipinski definition) is 5. The lowest BCUT2D eigenvalue weighted by Crippen LogP contribution is -2.40. The van der Waals surface area contributed by atoms with Gasteiger partial charge in [-0.3, -0.25) is 9.79 Å². The monoisotopic (exact) mass is 358 g/mol. The Morgan fingerprint density at radius 1 is 1.43 bits per heavy atom. The number of nitrogens with zero attached hydrogens (tertiary/aromatic N) is 1. The normalized spacial score (nSPS) is 20.2. The molecule has 1 atom stereocenters. The fourth-order valence-corrected chi connectivity index (χ4v) is 4.63. The predicted octanol–water partition coefficient (Wildman–Crippen LogP) is 0.107. The van der Waals surface area contributed by atoms with Gasteiger partial charge in [-0.25, -0.2) is 8.42 Å². The van der Waals surface area contributed by atoms with Crippen molar-refractivity contribution in [1.82, 2.24) is 16.0 Å². The zero-order valence-corrected chi connectivity index (χ0v) is 14.7. The molecule has 1 fully saturated rings. The highest BCUT2D eigenvalue weighted by molar-refractivity contribution is 7.91. The fraction of sp³-hybridized carbons (Fsp3) is 0.571. The third kappa shape index (κ3) is 6.19. The zero-order valence-electron chi connectivity index (χ0n) is 13.0. The SMILES string of the molecule is CN=C(NCCC(=O)NC1CCS(=O)(=O)C1)NCc1cccs1. The van der Waals surface area contributed by atoms with E-state index < -0.39 is 9.84 Å². The molecule has 1 amide bonds. The van der Waals surface area contributed by atoms with Crippen LogP contribution in [-0.4, -0.2) is 51.4 Å². The maximum atomic E-state index is 11.8. The Morgan fingerprint density at radius 2 is 2.26 bits per heavy atom. The number of hydrogen-bond donors (Lipinski definition) is 3. The summed E-state index contributed by atoms with van der Waals surface area (Å²) in [4.78, 5) is 17.1. The summed E-state index contributed by atoms with van der Waals surface area (Å²) in [6, 6.07) is 3.78. The van der Waals surface area contributed by atoms with Crippen LogP contribution in [0, 0.1) is 0 Å². The lowest BCUT2D eigenvalue weighted by Gasteiger charge is -2.13. The largest absolute Gasteiger partial charge is 0.356 e. The Kier molecular flexibility index (Phi) is 6.40. The number of nitrogens with one attached hydrogen (secondary N) is 3. The molecule has 1 saturated heterocycles. The summed E-state index contributed by atoms with van der Waals surface area (Å²) in [7, 11) is -1.29. The van der Waals surface area contributed by atoms with Crippen molar-refractivity contribution in [3.05, 3.63) is 22.4 Å². The van der Waals surface area contributed by atoms with E-state index in [2.05, 4.69) is 20.9 Å². The van der Waals surface area contributed by atoms with Gasteiger partial charge in [0.05, 0.1) is 18.1 Å². The molecule has 0 bridgehead atoms. The molecule has 1 unspecified atom stereocenters. The summed E-state index contributed by atoms with van der Waals surface area (Å²) in [5.74, 6) is 0.703. The van der Waals surface area contributed by atoms with Crippen molar-refractivity contribution in [1.29, 1.82) is 0 Å². The highest BCUT2D eigenvalue weighted by atomic mass is 32.2. The highest BCUT2D eigenvalue weighted by Crippen LogP contribution is 2.11. The van der Waals surface area contributed by atoms with Gasteiger partial charge in [0.1, 0.15) is 0 Å². The summed E-state index contributed by atoms with van der Waals surface area (Å²) in [6.45, 7) is 1.12. The summed E-state index contributed by atoms with van der Waals surface area (Å²) >= 11 is 1.66. The summed E-state index contributed by atoms with van der Waals surface area (Å²) < 4.78 is 22.7. The molecule has 1 aliphatic rings. The van der Waals surface area contributed by atoms with Crippen LogP contribution in [0.3, 0.4) is 0 Å². The minimum Gasteiger partial charge on any atom is -0.356 e. The van der Waals surface area contributed by atoms with Crippen molar-refractivity contribution in [2.75, 3.05) is 25.1 Å². The van der Waals surface area contributed by atoms with Gasteiger partial charge in [-0.2, -0.15) is 0 Å². The van der Waals surface area contributed by atoms with Crippen LogP contribution in [0.15, 0.2) is 22.5 Å². The van der Waals surface area contributed by atoms with Gasteiger partial charge >= 0.3 is 0 Å². The van der Waals surface area contributed by atoms with Crippen molar-refractivity contribution < 1.29 is 13.2 Å². The fourth-order valence-electron chi connectivity index (χ4n) is 2.31. The maximum absolute atomic E-state index is 11.8. The molecule has 128 valence electrons. The molecule has 9 heteroatoms. The minimum atomic E-state index is -2.97. The predicted molar refractivity (Wildman–Crippen MR) is 92.3 cm³/mol. The average Bonchev–Trinajstić information content (AvgIpc) is 3.12. The second-order valence-electron chi connectivity index (χ2n) is 5.35. The van der Waals surface area contributed by atoms with Gasteiger partial charge in [0.2, 0.25) is 5.91 Å². The highest BCUT2D eigenvalue weighted by Gasteiger charge is 2.28. The van der Waals surface area contributed by atoms with Crippen LogP contribution in [0.25, 0.3) is 0 Å². The third-order valence-corrected chi connectivity index (χ3v) is 6.12. The Labute approximate surface area is 140 Å². The molecule has 1 aromatic heterocycles. The molecule has 2 rings (SSSR count). The molecule has 0 radical (unpaired) electrons. The Balaban J connectivity index is 1.64. The van der Waals surface area contributed by atoms with Crippen LogP contribution >= 0.6 is 11.3 Å². The average molecular weight is 358 g/mol. The molecule has 23 heavy (non-hydrogen) atoms. The molecular formula is C14H22N4O3S2. The molecule has 0 aromatic carbocycles. The van der Waals surface area contributed by atoms with E-state index in [9.17, 15) is 13.2 Å². The van der Waals surface area contributed by atoms with Crippen LogP contribution in [0.2, 0.25) is 0 Å². The number of thiophene rings is 1. The van der Waals surface area contributed by atoms with E-state index in [1.54, 1.807) is 18.4 Å². The van der Waals surface area contributed by atoms with E-state index >= 15 is 0 Å². The van der Waals surface area contributed by atoms with Gasteiger partial charge < -0.3 is 16.0 Å². The molecule has 1 aromatic rings. The van der Waals surface area contributed by atoms with E-state index in [1.807, 2.05) is 17.5 Å². The van der Waals surface area contributed by atoms with E-state index in [-0.39, 0.29) is 29.9 Å². The van der Waals surface area contributed by atoms with Crippen LogP contribution < -0.4 is 16.0 Å². The first-order valence-electron chi connectivity index (χ1n) is 7.45. The second kappa shape index (κ2) is 8.30. The third-order valence-electron chi connectivity index (χ3n) is 3.48. The lowest BCUT2D eigenvalue weighted by atomic mass is 10.2. The number of rotatable bonds is 6. The summed E-state index contributed by atoms with van der Waals surface area (Å²) in [5.41, 5.74) is 0. The van der Waals surface area contributed by atoms with Gasteiger partial charge in [-0.15, -0.1) is 11.3 Å². The van der Waals surface area contributed by atoms with Crippen LogP contribution in [0.5, 0.6) is 0 Å². The number of carbonyl (C=O) groups excluding carboxylic acids is 1. The van der Waals surface area contributed by atoms with Crippen LogP contribution in [0.1, 0.15) is 17.7 Å². The Bertz CT molecular complexity index is 641. The number of guanidine groups is 1. The first-order chi connectivity index (χ1) is 11.0. The number of sulfone groups is 1. The molecule has 2 heterocycles. The molecule has 3 N–H and O–H groups in total. The van der Waals surface area contributed by atoms with Gasteiger partial charge in [-0.1, -0.05) is 6.07 Å². The smallest absolute Gasteiger partial charge is 0.222 e. The van der Waals surface area contributed by atoms with Crippen LogP contribution in [-0.2, 0) is 21.2 Å². The molecule has 0 saturated carbocycles. The second-order valence-corrected chi connectivity index (χ2v) is 8.61. The lowest BCUT2D eigenvalue weighted by molar-refractivity contribution is -0.121. The van der Waals surface area contributed by atoms with Crippen molar-refractivity contribution in [2.45, 2.75) is 25.4 Å². The van der Waals surface area contributed by atoms with E-state index in [1.165, 1.54) is 4.88 Å². The first-order valence-corrected chi connectivity index (χ1v) is 10.2. The molecule has 0 aliphatic carbocycles. The van der Waals surface area contributed by atoms with Gasteiger partial charge in [0.25, 0.3) is 0 Å². The van der Waals surface area contributed by atoms with Crippen LogP contribution in [0.4, 0.5) is 0 Å². The summed E-state index contributed by atoms with van der Waals surface area (Å²) in [6.07, 6.45) is 0.780. The Hall–Kier alpha value is -1.61. The van der Waals surface area contributed by atoms with Gasteiger partial charge in [0.15, 0.2) is 15.8 Å². The maximum Gasteiger partial charge on any atom is 0.222 e. The van der Waals surface area contributed by atoms with Crippen molar-refractivity contribution in [2.24, 2.45) is 4.99 Å². The topological polar surface area (TPSA) is 99.7 Å². The van der Waals surface area contributed by atoms with Gasteiger partial charge in [0, 0.05) is 30.9 Å². The van der Waals surface area contributed by atoms with Crippen molar-refractivity contribution in [3.8, 4) is 0 Å². The molecule has 7 nitrogen and oxygen atoms in total. The zero-order chi connectivity index (χ0) is 16.7. The van der Waals surface area contributed by atoms with E-state index in [4.69, 9.17) is 0 Å². The van der Waals surface area contributed by atoms with E-state index in [0.29, 0.717) is 25.5 Å².